The van der Waals surface area contributed by atoms with Gasteiger partial charge in [0.05, 0.1) is 11.5 Å². The van der Waals surface area contributed by atoms with Crippen molar-refractivity contribution < 1.29 is 23.4 Å². The second kappa shape index (κ2) is 7.85. The monoisotopic (exact) mass is 418 g/mol. The highest BCUT2D eigenvalue weighted by Crippen LogP contribution is 2.31. The van der Waals surface area contributed by atoms with Crippen molar-refractivity contribution in [3.8, 4) is 23.0 Å². The highest BCUT2D eigenvalue weighted by atomic mass is 19.1. The summed E-state index contributed by atoms with van der Waals surface area (Å²) in [5.74, 6) is -0.0238. The van der Waals surface area contributed by atoms with Gasteiger partial charge in [-0.25, -0.2) is 9.37 Å². The number of aliphatic carboxylic acids is 1. The fourth-order valence-corrected chi connectivity index (χ4v) is 3.65. The molecule has 4 aromatic rings. The van der Waals surface area contributed by atoms with Gasteiger partial charge < -0.3 is 14.3 Å². The van der Waals surface area contributed by atoms with E-state index in [9.17, 15) is 9.18 Å². The number of halogens is 1. The standard InChI is InChI=1S/C24H19FN2O4/c25-20-10-15(12-27-13-16(14-27)24(28)29)6-8-19(20)23-26-21-11-18(7-9-22(21)31-23)30-17-4-2-1-3-5-17/h1-11,16H,12-14H2,(H,28,29). The SMILES string of the molecule is O=C(O)C1CN(Cc2ccc(-c3nc4cc(Oc5ccccc5)ccc4o3)c(F)c2)C1. The third-order valence-electron chi connectivity index (χ3n) is 5.31. The maximum atomic E-state index is 14.8. The lowest BCUT2D eigenvalue weighted by Gasteiger charge is -2.36. The Balaban J connectivity index is 1.33. The summed E-state index contributed by atoms with van der Waals surface area (Å²) in [6.07, 6.45) is 0. The molecule has 2 heterocycles. The molecule has 1 aliphatic heterocycles. The van der Waals surface area contributed by atoms with Gasteiger partial charge in [0.15, 0.2) is 5.58 Å². The first-order valence-corrected chi connectivity index (χ1v) is 9.92. The van der Waals surface area contributed by atoms with Gasteiger partial charge in [0, 0.05) is 25.7 Å². The van der Waals surface area contributed by atoms with Crippen molar-refractivity contribution in [2.75, 3.05) is 13.1 Å². The van der Waals surface area contributed by atoms with Crippen LogP contribution < -0.4 is 4.74 Å². The molecule has 0 bridgehead atoms. The molecule has 31 heavy (non-hydrogen) atoms. The number of nitrogens with zero attached hydrogens (tertiary/aromatic N) is 2. The van der Waals surface area contributed by atoms with Crippen LogP contribution in [0, 0.1) is 11.7 Å². The largest absolute Gasteiger partial charge is 0.481 e. The van der Waals surface area contributed by atoms with Crippen molar-refractivity contribution in [1.29, 1.82) is 0 Å². The van der Waals surface area contributed by atoms with Gasteiger partial charge >= 0.3 is 5.97 Å². The smallest absolute Gasteiger partial charge is 0.309 e. The third kappa shape index (κ3) is 4.00. The van der Waals surface area contributed by atoms with Gasteiger partial charge in [-0.15, -0.1) is 0 Å². The summed E-state index contributed by atoms with van der Waals surface area (Å²) < 4.78 is 26.3. The number of aromatic nitrogens is 1. The van der Waals surface area contributed by atoms with E-state index in [0.717, 1.165) is 5.56 Å². The van der Waals surface area contributed by atoms with Crippen molar-refractivity contribution in [2.45, 2.75) is 6.54 Å². The Kier molecular flexibility index (Phi) is 4.88. The Morgan fingerprint density at radius 2 is 1.90 bits per heavy atom. The average molecular weight is 418 g/mol. The lowest BCUT2D eigenvalue weighted by atomic mass is 9.99. The number of hydrogen-bond acceptors (Lipinski definition) is 5. The summed E-state index contributed by atoms with van der Waals surface area (Å²) in [5, 5.41) is 8.96. The molecule has 0 unspecified atom stereocenters. The molecular formula is C24H19FN2O4. The van der Waals surface area contributed by atoms with Gasteiger partial charge in [-0.05, 0) is 42.0 Å². The first-order valence-electron chi connectivity index (χ1n) is 9.92. The van der Waals surface area contributed by atoms with Crippen LogP contribution in [-0.4, -0.2) is 34.0 Å². The molecule has 1 fully saturated rings. The highest BCUT2D eigenvalue weighted by molar-refractivity contribution is 5.78. The predicted molar refractivity (Wildman–Crippen MR) is 112 cm³/mol. The quantitative estimate of drug-likeness (QED) is 0.478. The maximum absolute atomic E-state index is 14.8. The Labute approximate surface area is 177 Å². The molecule has 6 nitrogen and oxygen atoms in total. The van der Waals surface area contributed by atoms with Crippen LogP contribution in [-0.2, 0) is 11.3 Å². The van der Waals surface area contributed by atoms with E-state index in [0.29, 0.717) is 42.2 Å². The van der Waals surface area contributed by atoms with Crippen LogP contribution in [0.25, 0.3) is 22.6 Å². The van der Waals surface area contributed by atoms with E-state index in [2.05, 4.69) is 4.98 Å². The fraction of sp³-hybridized carbons (Fsp3) is 0.167. The zero-order valence-electron chi connectivity index (χ0n) is 16.5. The summed E-state index contributed by atoms with van der Waals surface area (Å²) in [6, 6.07) is 19.6. The molecule has 1 saturated heterocycles. The van der Waals surface area contributed by atoms with Crippen molar-refractivity contribution in [3.05, 3.63) is 78.1 Å². The van der Waals surface area contributed by atoms with E-state index in [1.54, 1.807) is 24.3 Å². The number of fused-ring (bicyclic) bond motifs is 1. The Morgan fingerprint density at radius 1 is 1.10 bits per heavy atom. The normalized spacial score (nSPS) is 14.5. The summed E-state index contributed by atoms with van der Waals surface area (Å²) in [6.45, 7) is 1.48. The maximum Gasteiger partial charge on any atom is 0.309 e. The molecule has 0 saturated carbocycles. The van der Waals surface area contributed by atoms with E-state index in [1.807, 2.05) is 41.3 Å². The molecule has 1 aromatic heterocycles. The van der Waals surface area contributed by atoms with Crippen LogP contribution in [0.3, 0.4) is 0 Å². The van der Waals surface area contributed by atoms with E-state index in [-0.39, 0.29) is 17.4 Å². The van der Waals surface area contributed by atoms with Crippen LogP contribution in [0.5, 0.6) is 11.5 Å². The number of hydrogen-bond donors (Lipinski definition) is 1. The van der Waals surface area contributed by atoms with Crippen LogP contribution in [0.1, 0.15) is 5.56 Å². The molecule has 3 aromatic carbocycles. The number of ether oxygens (including phenoxy) is 1. The minimum Gasteiger partial charge on any atom is -0.481 e. The number of rotatable bonds is 6. The van der Waals surface area contributed by atoms with E-state index < -0.39 is 11.8 Å². The van der Waals surface area contributed by atoms with E-state index >= 15 is 0 Å². The molecule has 1 aliphatic rings. The summed E-state index contributed by atoms with van der Waals surface area (Å²) >= 11 is 0. The van der Waals surface area contributed by atoms with Gasteiger partial charge in [0.2, 0.25) is 5.89 Å². The molecule has 7 heteroatoms. The van der Waals surface area contributed by atoms with Crippen molar-refractivity contribution in [1.82, 2.24) is 9.88 Å². The Morgan fingerprint density at radius 3 is 2.65 bits per heavy atom. The van der Waals surface area contributed by atoms with Crippen molar-refractivity contribution >= 4 is 17.1 Å². The number of carboxylic acids is 1. The van der Waals surface area contributed by atoms with Crippen molar-refractivity contribution in [2.24, 2.45) is 5.92 Å². The van der Waals surface area contributed by atoms with E-state index in [1.165, 1.54) is 6.07 Å². The number of carboxylic acid groups (broad SMARTS) is 1. The van der Waals surface area contributed by atoms with Gasteiger partial charge in [0.1, 0.15) is 22.8 Å². The van der Waals surface area contributed by atoms with Crippen LogP contribution in [0.4, 0.5) is 4.39 Å². The zero-order chi connectivity index (χ0) is 21.4. The molecule has 0 amide bonds. The molecule has 156 valence electrons. The van der Waals surface area contributed by atoms with Crippen molar-refractivity contribution in [3.63, 3.8) is 0 Å². The van der Waals surface area contributed by atoms with Crippen LogP contribution in [0.2, 0.25) is 0 Å². The number of para-hydroxylation sites is 1. The number of likely N-dealkylation sites (tertiary alicyclic amines) is 1. The molecule has 0 radical (unpaired) electrons. The lowest BCUT2D eigenvalue weighted by Crippen LogP contribution is -2.49. The minimum atomic E-state index is -0.786. The second-order valence-corrected chi connectivity index (χ2v) is 7.61. The molecular weight excluding hydrogens is 399 g/mol. The summed E-state index contributed by atoms with van der Waals surface area (Å²) in [5.41, 5.74) is 2.17. The minimum absolute atomic E-state index is 0.200. The summed E-state index contributed by atoms with van der Waals surface area (Å²) in [4.78, 5) is 17.3. The van der Waals surface area contributed by atoms with E-state index in [4.69, 9.17) is 14.3 Å². The lowest BCUT2D eigenvalue weighted by molar-refractivity contribution is -0.147. The van der Waals surface area contributed by atoms with Gasteiger partial charge in [0.25, 0.3) is 0 Å². The Bertz CT molecular complexity index is 1250. The highest BCUT2D eigenvalue weighted by Gasteiger charge is 2.32. The first-order chi connectivity index (χ1) is 15.0. The third-order valence-corrected chi connectivity index (χ3v) is 5.31. The zero-order valence-corrected chi connectivity index (χ0v) is 16.5. The number of carbonyl (C=O) groups is 1. The molecule has 0 atom stereocenters. The van der Waals surface area contributed by atoms with Crippen LogP contribution >= 0.6 is 0 Å². The average Bonchev–Trinajstić information content (AvgIpc) is 3.14. The van der Waals surface area contributed by atoms with Gasteiger partial charge in [-0.1, -0.05) is 24.3 Å². The van der Waals surface area contributed by atoms with Gasteiger partial charge in [-0.3, -0.25) is 9.69 Å². The van der Waals surface area contributed by atoms with Crippen LogP contribution in [0.15, 0.2) is 71.1 Å². The molecule has 1 N–H and O–H groups in total. The number of benzene rings is 3. The predicted octanol–water partition coefficient (Wildman–Crippen LogP) is 4.94. The first kappa shape index (κ1) is 19.3. The summed E-state index contributed by atoms with van der Waals surface area (Å²) in [7, 11) is 0. The number of oxazole rings is 1. The second-order valence-electron chi connectivity index (χ2n) is 7.61. The molecule has 0 spiro atoms. The topological polar surface area (TPSA) is 75.8 Å². The Hall–Kier alpha value is -3.71. The fourth-order valence-electron chi connectivity index (χ4n) is 3.65. The molecule has 0 aliphatic carbocycles. The van der Waals surface area contributed by atoms with Gasteiger partial charge in [-0.2, -0.15) is 0 Å². The molecule has 5 rings (SSSR count).